The topological polar surface area (TPSA) is 73.6 Å². The lowest BCUT2D eigenvalue weighted by molar-refractivity contribution is 0.102. The fourth-order valence-corrected chi connectivity index (χ4v) is 2.46. The lowest BCUT2D eigenvalue weighted by Gasteiger charge is -2.06. The van der Waals surface area contributed by atoms with Gasteiger partial charge in [0, 0.05) is 23.1 Å². The Hall–Kier alpha value is -2.73. The summed E-state index contributed by atoms with van der Waals surface area (Å²) in [5.41, 5.74) is 4.04. The molecule has 0 saturated heterocycles. The highest BCUT2D eigenvalue weighted by molar-refractivity contribution is 7.71. The van der Waals surface area contributed by atoms with Gasteiger partial charge in [-0.3, -0.25) is 4.79 Å². The predicted octanol–water partition coefficient (Wildman–Crippen LogP) is 4.00. The van der Waals surface area contributed by atoms with Crippen LogP contribution in [-0.2, 0) is 0 Å². The van der Waals surface area contributed by atoms with Gasteiger partial charge in [0.2, 0.25) is 0 Å². The summed E-state index contributed by atoms with van der Waals surface area (Å²) in [7, 11) is 0. The van der Waals surface area contributed by atoms with Crippen LogP contribution >= 0.6 is 12.2 Å². The zero-order valence-corrected chi connectivity index (χ0v) is 13.6. The Bertz CT molecular complexity index is 907. The number of aromatic amines is 2. The van der Waals surface area contributed by atoms with E-state index >= 15 is 0 Å². The van der Waals surface area contributed by atoms with Gasteiger partial charge in [0.05, 0.1) is 11.3 Å². The highest BCUT2D eigenvalue weighted by Gasteiger charge is 2.10. The molecule has 6 heteroatoms. The highest BCUT2D eigenvalue weighted by atomic mass is 32.1. The fourth-order valence-electron chi connectivity index (χ4n) is 2.23. The van der Waals surface area contributed by atoms with Crippen molar-refractivity contribution in [1.29, 1.82) is 0 Å². The van der Waals surface area contributed by atoms with Gasteiger partial charge in [0.1, 0.15) is 10.5 Å². The highest BCUT2D eigenvalue weighted by Crippen LogP contribution is 2.21. The molecule has 1 amide bonds. The smallest absolute Gasteiger partial charge is 0.258 e. The van der Waals surface area contributed by atoms with Crippen molar-refractivity contribution >= 4 is 23.8 Å². The molecule has 0 aliphatic rings. The van der Waals surface area contributed by atoms with Gasteiger partial charge >= 0.3 is 0 Å². The quantitative estimate of drug-likeness (QED) is 0.637. The predicted molar refractivity (Wildman–Crippen MR) is 93.1 cm³/mol. The number of rotatable bonds is 3. The standard InChI is InChI=1S/C17H16N4OS/c1-10-11(2)20-15(19-10)12-5-3-6-13(9-12)21-16(22)14-7-4-8-18-17(14)23/h3-9H,1-2H3,(H,18,23)(H,19,20)(H,21,22). The SMILES string of the molecule is Cc1nc(-c2cccc(NC(=O)c3ccc[nH]c3=S)c2)[nH]c1C. The third kappa shape index (κ3) is 3.22. The first-order valence-electron chi connectivity index (χ1n) is 7.17. The lowest BCUT2D eigenvalue weighted by Crippen LogP contribution is -2.12. The van der Waals surface area contributed by atoms with E-state index in [9.17, 15) is 4.79 Å². The molecule has 0 radical (unpaired) electrons. The number of imidazole rings is 1. The van der Waals surface area contributed by atoms with E-state index in [0.29, 0.717) is 15.9 Å². The number of hydrogen-bond acceptors (Lipinski definition) is 3. The van der Waals surface area contributed by atoms with E-state index in [1.54, 1.807) is 18.3 Å². The molecular weight excluding hydrogens is 308 g/mol. The number of nitrogens with one attached hydrogen (secondary N) is 3. The molecule has 3 aromatic rings. The second-order valence-electron chi connectivity index (χ2n) is 5.24. The minimum atomic E-state index is -0.240. The molecule has 2 heterocycles. The second kappa shape index (κ2) is 6.18. The molecular formula is C17H16N4OS. The van der Waals surface area contributed by atoms with Gasteiger partial charge in [-0.25, -0.2) is 4.98 Å². The van der Waals surface area contributed by atoms with E-state index in [0.717, 1.165) is 22.8 Å². The average molecular weight is 324 g/mol. The van der Waals surface area contributed by atoms with Crippen LogP contribution < -0.4 is 5.32 Å². The van der Waals surface area contributed by atoms with Crippen LogP contribution in [0.4, 0.5) is 5.69 Å². The van der Waals surface area contributed by atoms with Crippen molar-refractivity contribution in [2.45, 2.75) is 13.8 Å². The second-order valence-corrected chi connectivity index (χ2v) is 5.65. The average Bonchev–Trinajstić information content (AvgIpc) is 2.87. The number of H-pyrrole nitrogens is 2. The fraction of sp³-hybridized carbons (Fsp3) is 0.118. The van der Waals surface area contributed by atoms with Gasteiger partial charge in [-0.05, 0) is 38.1 Å². The van der Waals surface area contributed by atoms with Crippen molar-refractivity contribution in [2.75, 3.05) is 5.32 Å². The van der Waals surface area contributed by atoms with Crippen LogP contribution in [0.1, 0.15) is 21.7 Å². The van der Waals surface area contributed by atoms with E-state index in [1.807, 2.05) is 38.1 Å². The molecule has 0 atom stereocenters. The maximum absolute atomic E-state index is 12.3. The monoisotopic (exact) mass is 324 g/mol. The summed E-state index contributed by atoms with van der Waals surface area (Å²) in [4.78, 5) is 22.9. The van der Waals surface area contributed by atoms with Gasteiger partial charge in [-0.15, -0.1) is 0 Å². The summed E-state index contributed by atoms with van der Waals surface area (Å²) in [6, 6.07) is 11.0. The summed E-state index contributed by atoms with van der Waals surface area (Å²) in [5, 5.41) is 2.86. The molecule has 1 aromatic carbocycles. The Kier molecular flexibility index (Phi) is 4.08. The number of carbonyl (C=O) groups is 1. The number of amides is 1. The summed E-state index contributed by atoms with van der Waals surface area (Å²) >= 11 is 5.13. The number of benzene rings is 1. The first kappa shape index (κ1) is 15.2. The van der Waals surface area contributed by atoms with Crippen LogP contribution in [0.15, 0.2) is 42.6 Å². The molecule has 3 N–H and O–H groups in total. The summed E-state index contributed by atoms with van der Waals surface area (Å²) in [6.45, 7) is 3.94. The molecule has 5 nitrogen and oxygen atoms in total. The van der Waals surface area contributed by atoms with Crippen molar-refractivity contribution < 1.29 is 4.79 Å². The number of hydrogen-bond donors (Lipinski definition) is 3. The molecule has 23 heavy (non-hydrogen) atoms. The van der Waals surface area contributed by atoms with E-state index in [1.165, 1.54) is 0 Å². The Morgan fingerprint density at radius 3 is 2.74 bits per heavy atom. The normalized spacial score (nSPS) is 10.5. The lowest BCUT2D eigenvalue weighted by atomic mass is 10.2. The Balaban J connectivity index is 1.87. The maximum atomic E-state index is 12.3. The molecule has 0 bridgehead atoms. The van der Waals surface area contributed by atoms with Crippen molar-refractivity contribution in [1.82, 2.24) is 15.0 Å². The van der Waals surface area contributed by atoms with Crippen LogP contribution in [0.25, 0.3) is 11.4 Å². The number of carbonyl (C=O) groups excluding carboxylic acids is 1. The van der Waals surface area contributed by atoms with Crippen molar-refractivity contribution in [3.8, 4) is 11.4 Å². The minimum Gasteiger partial charge on any atom is -0.352 e. The summed E-state index contributed by atoms with van der Waals surface area (Å²) < 4.78 is 0.415. The van der Waals surface area contributed by atoms with Gasteiger partial charge < -0.3 is 15.3 Å². The largest absolute Gasteiger partial charge is 0.352 e. The molecule has 0 spiro atoms. The van der Waals surface area contributed by atoms with Gasteiger partial charge in [0.25, 0.3) is 5.91 Å². The third-order valence-electron chi connectivity index (χ3n) is 3.58. The van der Waals surface area contributed by atoms with Crippen LogP contribution in [-0.4, -0.2) is 20.9 Å². The van der Waals surface area contributed by atoms with Crippen LogP contribution in [0.2, 0.25) is 0 Å². The molecule has 0 aliphatic carbocycles. The maximum Gasteiger partial charge on any atom is 0.258 e. The molecule has 0 unspecified atom stereocenters. The van der Waals surface area contributed by atoms with Crippen molar-refractivity contribution in [3.05, 3.63) is 64.2 Å². The Morgan fingerprint density at radius 2 is 2.04 bits per heavy atom. The number of pyridine rings is 1. The zero-order chi connectivity index (χ0) is 16.4. The number of aromatic nitrogens is 3. The summed E-state index contributed by atoms with van der Waals surface area (Å²) in [5.74, 6) is 0.545. The van der Waals surface area contributed by atoms with Crippen LogP contribution in [0, 0.1) is 18.5 Å². The first-order valence-corrected chi connectivity index (χ1v) is 7.58. The first-order chi connectivity index (χ1) is 11.0. The number of anilines is 1. The molecule has 2 aromatic heterocycles. The number of nitrogens with zero attached hydrogens (tertiary/aromatic N) is 1. The molecule has 0 fully saturated rings. The molecule has 0 saturated carbocycles. The third-order valence-corrected chi connectivity index (χ3v) is 3.92. The molecule has 116 valence electrons. The van der Waals surface area contributed by atoms with E-state index in [2.05, 4.69) is 20.3 Å². The Labute approximate surface area is 138 Å². The van der Waals surface area contributed by atoms with E-state index in [4.69, 9.17) is 12.2 Å². The van der Waals surface area contributed by atoms with Crippen LogP contribution in [0.3, 0.4) is 0 Å². The molecule has 3 rings (SSSR count). The van der Waals surface area contributed by atoms with Crippen molar-refractivity contribution in [3.63, 3.8) is 0 Å². The van der Waals surface area contributed by atoms with Crippen LogP contribution in [0.5, 0.6) is 0 Å². The van der Waals surface area contributed by atoms with E-state index < -0.39 is 0 Å². The molecule has 0 aliphatic heterocycles. The van der Waals surface area contributed by atoms with Gasteiger partial charge in [0.15, 0.2) is 0 Å². The van der Waals surface area contributed by atoms with E-state index in [-0.39, 0.29) is 5.91 Å². The summed E-state index contributed by atoms with van der Waals surface area (Å²) in [6.07, 6.45) is 1.70. The van der Waals surface area contributed by atoms with Gasteiger partial charge in [-0.2, -0.15) is 0 Å². The minimum absolute atomic E-state index is 0.240. The van der Waals surface area contributed by atoms with Crippen molar-refractivity contribution in [2.24, 2.45) is 0 Å². The number of aryl methyl sites for hydroxylation is 2. The van der Waals surface area contributed by atoms with Gasteiger partial charge in [-0.1, -0.05) is 24.4 Å². The Morgan fingerprint density at radius 1 is 1.22 bits per heavy atom. The zero-order valence-electron chi connectivity index (χ0n) is 12.8.